The Morgan fingerprint density at radius 1 is 1.56 bits per heavy atom. The predicted molar refractivity (Wildman–Crippen MR) is 58.5 cm³/mol. The highest BCUT2D eigenvalue weighted by Gasteiger charge is 2.03. The molecule has 1 aromatic heterocycles. The number of oxazole rings is 1. The Kier molecular flexibility index (Phi) is 2.76. The maximum atomic E-state index is 10.3. The van der Waals surface area contributed by atoms with Crippen molar-refractivity contribution in [2.45, 2.75) is 13.3 Å². The molecule has 1 aromatic carbocycles. The standard InChI is InChI=1S/C11H12N2O3/c1-7-13-9-3-2-8(6-10(9)16-7)4-5-12-11(14)15/h2-3,6,12H,4-5H2,1H3,(H,14,15). The maximum absolute atomic E-state index is 10.3. The van der Waals surface area contributed by atoms with E-state index in [1.807, 2.05) is 18.2 Å². The van der Waals surface area contributed by atoms with Crippen molar-refractivity contribution in [1.29, 1.82) is 0 Å². The summed E-state index contributed by atoms with van der Waals surface area (Å²) in [6.45, 7) is 2.19. The van der Waals surface area contributed by atoms with Crippen LogP contribution in [0, 0.1) is 6.92 Å². The fraction of sp³-hybridized carbons (Fsp3) is 0.273. The summed E-state index contributed by atoms with van der Waals surface area (Å²) in [6.07, 6.45) is -0.362. The number of hydrogen-bond acceptors (Lipinski definition) is 3. The number of benzene rings is 1. The van der Waals surface area contributed by atoms with Crippen LogP contribution in [0.15, 0.2) is 22.6 Å². The smallest absolute Gasteiger partial charge is 0.404 e. The van der Waals surface area contributed by atoms with E-state index in [1.165, 1.54) is 0 Å². The highest BCUT2D eigenvalue weighted by atomic mass is 16.4. The number of aromatic nitrogens is 1. The third-order valence-electron chi connectivity index (χ3n) is 2.25. The number of nitrogens with zero attached hydrogens (tertiary/aromatic N) is 1. The monoisotopic (exact) mass is 220 g/mol. The van der Waals surface area contributed by atoms with Gasteiger partial charge < -0.3 is 14.8 Å². The third kappa shape index (κ3) is 2.31. The zero-order chi connectivity index (χ0) is 11.5. The van der Waals surface area contributed by atoms with Gasteiger partial charge in [-0.25, -0.2) is 9.78 Å². The number of carboxylic acid groups (broad SMARTS) is 1. The van der Waals surface area contributed by atoms with E-state index in [-0.39, 0.29) is 0 Å². The van der Waals surface area contributed by atoms with E-state index in [9.17, 15) is 4.79 Å². The Balaban J connectivity index is 2.10. The van der Waals surface area contributed by atoms with Gasteiger partial charge in [0.1, 0.15) is 5.52 Å². The quantitative estimate of drug-likeness (QED) is 0.828. The molecule has 0 aliphatic carbocycles. The Hall–Kier alpha value is -2.04. The van der Waals surface area contributed by atoms with Crippen molar-refractivity contribution in [1.82, 2.24) is 10.3 Å². The number of amides is 1. The fourth-order valence-corrected chi connectivity index (χ4v) is 1.55. The van der Waals surface area contributed by atoms with E-state index in [0.717, 1.165) is 16.7 Å². The molecule has 2 N–H and O–H groups in total. The lowest BCUT2D eigenvalue weighted by Crippen LogP contribution is -2.23. The molecule has 1 amide bonds. The normalized spacial score (nSPS) is 10.6. The summed E-state index contributed by atoms with van der Waals surface area (Å²) in [6, 6.07) is 5.69. The summed E-state index contributed by atoms with van der Waals surface area (Å²) in [5, 5.41) is 10.7. The van der Waals surface area contributed by atoms with Crippen LogP contribution in [0.5, 0.6) is 0 Å². The molecule has 5 nitrogen and oxygen atoms in total. The average Bonchev–Trinajstić information content (AvgIpc) is 2.56. The first-order valence-electron chi connectivity index (χ1n) is 4.98. The van der Waals surface area contributed by atoms with Gasteiger partial charge in [0.2, 0.25) is 0 Å². The van der Waals surface area contributed by atoms with Gasteiger partial charge in [0.05, 0.1) is 0 Å². The van der Waals surface area contributed by atoms with E-state index in [2.05, 4.69) is 10.3 Å². The predicted octanol–water partition coefficient (Wildman–Crippen LogP) is 1.95. The lowest BCUT2D eigenvalue weighted by molar-refractivity contribution is 0.194. The summed E-state index contributed by atoms with van der Waals surface area (Å²) in [5.41, 5.74) is 2.59. The van der Waals surface area contributed by atoms with Crippen molar-refractivity contribution in [2.24, 2.45) is 0 Å². The van der Waals surface area contributed by atoms with Crippen LogP contribution in [-0.4, -0.2) is 22.7 Å². The van der Waals surface area contributed by atoms with Crippen LogP contribution >= 0.6 is 0 Å². The summed E-state index contributed by atoms with van der Waals surface area (Å²) in [5.74, 6) is 0.635. The van der Waals surface area contributed by atoms with Crippen molar-refractivity contribution < 1.29 is 14.3 Å². The zero-order valence-corrected chi connectivity index (χ0v) is 8.86. The third-order valence-corrected chi connectivity index (χ3v) is 2.25. The average molecular weight is 220 g/mol. The van der Waals surface area contributed by atoms with Crippen LogP contribution < -0.4 is 5.32 Å². The van der Waals surface area contributed by atoms with Crippen molar-refractivity contribution in [3.8, 4) is 0 Å². The molecule has 2 rings (SSSR count). The second kappa shape index (κ2) is 4.22. The number of hydrogen-bond donors (Lipinski definition) is 2. The molecular weight excluding hydrogens is 208 g/mol. The molecule has 0 saturated heterocycles. The fourth-order valence-electron chi connectivity index (χ4n) is 1.55. The van der Waals surface area contributed by atoms with Crippen molar-refractivity contribution in [2.75, 3.05) is 6.54 Å². The van der Waals surface area contributed by atoms with Crippen LogP contribution in [0.25, 0.3) is 11.1 Å². The molecule has 5 heteroatoms. The Morgan fingerprint density at radius 3 is 3.12 bits per heavy atom. The number of fused-ring (bicyclic) bond motifs is 1. The summed E-state index contributed by atoms with van der Waals surface area (Å²) in [4.78, 5) is 14.5. The maximum Gasteiger partial charge on any atom is 0.404 e. The van der Waals surface area contributed by atoms with E-state index < -0.39 is 6.09 Å². The molecule has 1 heterocycles. The minimum Gasteiger partial charge on any atom is -0.465 e. The molecular formula is C11H12N2O3. The van der Waals surface area contributed by atoms with E-state index in [0.29, 0.717) is 18.9 Å². The van der Waals surface area contributed by atoms with Gasteiger partial charge in [0, 0.05) is 13.5 Å². The summed E-state index contributed by atoms with van der Waals surface area (Å²) >= 11 is 0. The van der Waals surface area contributed by atoms with E-state index in [1.54, 1.807) is 6.92 Å². The van der Waals surface area contributed by atoms with Gasteiger partial charge in [-0.3, -0.25) is 0 Å². The Morgan fingerprint density at radius 2 is 2.38 bits per heavy atom. The van der Waals surface area contributed by atoms with Crippen LogP contribution in [0.2, 0.25) is 0 Å². The number of nitrogens with one attached hydrogen (secondary N) is 1. The van der Waals surface area contributed by atoms with E-state index >= 15 is 0 Å². The molecule has 0 unspecified atom stereocenters. The van der Waals surface area contributed by atoms with Gasteiger partial charge in [0.15, 0.2) is 11.5 Å². The highest BCUT2D eigenvalue weighted by molar-refractivity contribution is 5.73. The van der Waals surface area contributed by atoms with Crippen LogP contribution in [0.3, 0.4) is 0 Å². The molecule has 0 radical (unpaired) electrons. The number of rotatable bonds is 3. The molecule has 0 saturated carbocycles. The first-order valence-corrected chi connectivity index (χ1v) is 4.98. The number of carbonyl (C=O) groups is 1. The molecule has 0 aliphatic rings. The van der Waals surface area contributed by atoms with Crippen LogP contribution in [-0.2, 0) is 6.42 Å². The topological polar surface area (TPSA) is 75.4 Å². The Labute approximate surface area is 92.1 Å². The summed E-state index contributed by atoms with van der Waals surface area (Å²) < 4.78 is 5.39. The highest BCUT2D eigenvalue weighted by Crippen LogP contribution is 2.16. The van der Waals surface area contributed by atoms with Gasteiger partial charge in [-0.15, -0.1) is 0 Å². The van der Waals surface area contributed by atoms with Crippen LogP contribution in [0.1, 0.15) is 11.5 Å². The molecule has 16 heavy (non-hydrogen) atoms. The van der Waals surface area contributed by atoms with E-state index in [4.69, 9.17) is 9.52 Å². The molecule has 2 aromatic rings. The number of aryl methyl sites for hydroxylation is 1. The van der Waals surface area contributed by atoms with Gasteiger partial charge in [-0.05, 0) is 24.1 Å². The first kappa shape index (κ1) is 10.5. The SMILES string of the molecule is Cc1nc2ccc(CCNC(=O)O)cc2o1. The van der Waals surface area contributed by atoms with Gasteiger partial charge >= 0.3 is 6.09 Å². The second-order valence-electron chi connectivity index (χ2n) is 3.52. The van der Waals surface area contributed by atoms with Gasteiger partial charge in [-0.2, -0.15) is 0 Å². The lowest BCUT2D eigenvalue weighted by atomic mass is 10.1. The first-order chi connectivity index (χ1) is 7.65. The van der Waals surface area contributed by atoms with Gasteiger partial charge in [-0.1, -0.05) is 6.07 Å². The zero-order valence-electron chi connectivity index (χ0n) is 8.86. The van der Waals surface area contributed by atoms with Gasteiger partial charge in [0.25, 0.3) is 0 Å². The molecule has 0 fully saturated rings. The molecule has 0 spiro atoms. The molecule has 0 aliphatic heterocycles. The minimum absolute atomic E-state index is 0.397. The molecule has 84 valence electrons. The van der Waals surface area contributed by atoms with Crippen molar-refractivity contribution in [3.05, 3.63) is 29.7 Å². The van der Waals surface area contributed by atoms with Crippen molar-refractivity contribution in [3.63, 3.8) is 0 Å². The summed E-state index contributed by atoms with van der Waals surface area (Å²) in [7, 11) is 0. The molecule has 0 atom stereocenters. The Bertz CT molecular complexity index is 519. The largest absolute Gasteiger partial charge is 0.465 e. The lowest BCUT2D eigenvalue weighted by Gasteiger charge is -2.00. The molecule has 0 bridgehead atoms. The minimum atomic E-state index is -1.00. The second-order valence-corrected chi connectivity index (χ2v) is 3.52. The van der Waals surface area contributed by atoms with Crippen molar-refractivity contribution >= 4 is 17.2 Å². The van der Waals surface area contributed by atoms with Crippen LogP contribution in [0.4, 0.5) is 4.79 Å².